The molecule has 2 aliphatic rings. The molecule has 1 heterocycles. The third-order valence-corrected chi connectivity index (χ3v) is 6.03. The van der Waals surface area contributed by atoms with Gasteiger partial charge in [-0.3, -0.25) is 0 Å². The van der Waals surface area contributed by atoms with Crippen molar-refractivity contribution in [3.63, 3.8) is 0 Å². The van der Waals surface area contributed by atoms with Gasteiger partial charge in [0.05, 0.1) is 12.1 Å². The van der Waals surface area contributed by atoms with Crippen molar-refractivity contribution in [3.8, 4) is 11.1 Å². The molecule has 0 radical (unpaired) electrons. The summed E-state index contributed by atoms with van der Waals surface area (Å²) in [4.78, 5) is 24.7. The average Bonchev–Trinajstić information content (AvgIpc) is 2.97. The zero-order valence-electron chi connectivity index (χ0n) is 18.0. The second kappa shape index (κ2) is 10.3. The summed E-state index contributed by atoms with van der Waals surface area (Å²) < 4.78 is 10.7. The van der Waals surface area contributed by atoms with Crippen LogP contribution in [0.2, 0.25) is 0 Å². The molecule has 1 saturated heterocycles. The lowest BCUT2D eigenvalue weighted by Crippen LogP contribution is -2.52. The molecule has 2 aromatic carbocycles. The van der Waals surface area contributed by atoms with Crippen LogP contribution in [0.1, 0.15) is 29.9 Å². The van der Waals surface area contributed by atoms with Crippen LogP contribution in [0.4, 0.5) is 9.59 Å². The van der Waals surface area contributed by atoms with Crippen LogP contribution in [0.5, 0.6) is 0 Å². The molecule has 32 heavy (non-hydrogen) atoms. The molecule has 1 fully saturated rings. The Labute approximate surface area is 188 Å². The Hall–Kier alpha value is -3.32. The minimum atomic E-state index is -0.517. The Kier molecular flexibility index (Phi) is 7.07. The fourth-order valence-electron chi connectivity index (χ4n) is 4.51. The van der Waals surface area contributed by atoms with Crippen LogP contribution in [0.3, 0.4) is 0 Å². The number of alkyl carbamates (subject to hydrolysis) is 2. The monoisotopic (exact) mass is 435 g/mol. The Balaban J connectivity index is 1.38. The molecule has 0 unspecified atom stereocenters. The first-order chi connectivity index (χ1) is 15.7. The fraction of sp³-hybridized carbons (Fsp3) is 0.360. The van der Waals surface area contributed by atoms with E-state index in [0.29, 0.717) is 12.8 Å². The smallest absolute Gasteiger partial charge is 0.407 e. The van der Waals surface area contributed by atoms with Crippen molar-refractivity contribution < 1.29 is 19.1 Å². The maximum Gasteiger partial charge on any atom is 0.407 e. The number of amides is 2. The highest BCUT2D eigenvalue weighted by Crippen LogP contribution is 2.44. The number of carbonyl (C=O) groups excluding carboxylic acids is 2. The molecule has 2 aromatic rings. The molecule has 1 aliphatic heterocycles. The molecule has 168 valence electrons. The molecule has 7 heteroatoms. The lowest BCUT2D eigenvalue weighted by molar-refractivity contribution is 0.131. The molecule has 0 aromatic heterocycles. The molecule has 0 bridgehead atoms. The van der Waals surface area contributed by atoms with Gasteiger partial charge >= 0.3 is 12.2 Å². The van der Waals surface area contributed by atoms with Crippen LogP contribution in [0.25, 0.3) is 11.1 Å². The summed E-state index contributed by atoms with van der Waals surface area (Å²) in [6.07, 6.45) is 1.87. The third-order valence-electron chi connectivity index (χ3n) is 6.03. The Morgan fingerprint density at radius 1 is 0.906 bits per heavy atom. The van der Waals surface area contributed by atoms with Gasteiger partial charge in [0.1, 0.15) is 13.2 Å². The average molecular weight is 436 g/mol. The maximum absolute atomic E-state index is 12.7. The van der Waals surface area contributed by atoms with E-state index in [9.17, 15) is 9.59 Å². The van der Waals surface area contributed by atoms with Gasteiger partial charge in [-0.2, -0.15) is 0 Å². The van der Waals surface area contributed by atoms with E-state index in [1.165, 1.54) is 28.3 Å². The summed E-state index contributed by atoms with van der Waals surface area (Å²) in [5.41, 5.74) is 4.72. The van der Waals surface area contributed by atoms with Crippen molar-refractivity contribution in [1.29, 1.82) is 0 Å². The summed E-state index contributed by atoms with van der Waals surface area (Å²) in [7, 11) is 0. The van der Waals surface area contributed by atoms with Crippen molar-refractivity contribution in [1.82, 2.24) is 16.0 Å². The van der Waals surface area contributed by atoms with Crippen LogP contribution in [-0.2, 0) is 9.47 Å². The van der Waals surface area contributed by atoms with Crippen molar-refractivity contribution in [2.45, 2.75) is 30.8 Å². The minimum absolute atomic E-state index is 0.00625. The van der Waals surface area contributed by atoms with Crippen molar-refractivity contribution >= 4 is 12.2 Å². The lowest BCUT2D eigenvalue weighted by Gasteiger charge is -2.26. The second-order valence-electron chi connectivity index (χ2n) is 8.04. The van der Waals surface area contributed by atoms with Crippen LogP contribution >= 0.6 is 0 Å². The van der Waals surface area contributed by atoms with E-state index < -0.39 is 12.2 Å². The van der Waals surface area contributed by atoms with E-state index >= 15 is 0 Å². The highest BCUT2D eigenvalue weighted by Gasteiger charge is 2.31. The molecule has 4 rings (SSSR count). The largest absolute Gasteiger partial charge is 0.449 e. The molecule has 3 N–H and O–H groups in total. The van der Waals surface area contributed by atoms with Gasteiger partial charge in [-0.15, -0.1) is 0 Å². The van der Waals surface area contributed by atoms with Crippen LogP contribution in [-0.4, -0.2) is 50.6 Å². The summed E-state index contributed by atoms with van der Waals surface area (Å²) in [5.74, 6) is 0.00625. The van der Waals surface area contributed by atoms with Crippen molar-refractivity contribution in [3.05, 3.63) is 72.3 Å². The quantitative estimate of drug-likeness (QED) is 0.604. The van der Waals surface area contributed by atoms with Gasteiger partial charge in [0, 0.05) is 5.92 Å². The number of fused-ring (bicyclic) bond motifs is 3. The van der Waals surface area contributed by atoms with Gasteiger partial charge in [-0.05, 0) is 48.2 Å². The molecule has 1 aliphatic carbocycles. The summed E-state index contributed by atoms with van der Waals surface area (Å²) in [6, 6.07) is 16.0. The summed E-state index contributed by atoms with van der Waals surface area (Å²) in [6.45, 7) is 5.43. The number of nitrogens with one attached hydrogen (secondary N) is 3. The molecule has 0 spiro atoms. The SMILES string of the molecule is C=CCOC(=O)N[C@H]1CCNCC[C@@H]1NC(=O)OCC1c2ccccc2-c2ccccc21. The third kappa shape index (κ3) is 4.94. The summed E-state index contributed by atoms with van der Waals surface area (Å²) >= 11 is 0. The standard InChI is InChI=1S/C25H29N3O4/c1-2-15-31-24(29)27-22-11-13-26-14-12-23(22)28-25(30)32-16-21-19-9-5-3-7-17(19)18-8-4-6-10-20(18)21/h2-10,21-23,26H,1,11-16H2,(H,27,29)(H,28,30)/t22-,23-/m0/s1. The zero-order valence-corrected chi connectivity index (χ0v) is 18.0. The number of ether oxygens (including phenoxy) is 2. The summed E-state index contributed by atoms with van der Waals surface area (Å²) in [5, 5.41) is 9.10. The van der Waals surface area contributed by atoms with Crippen LogP contribution in [0, 0.1) is 0 Å². The lowest BCUT2D eigenvalue weighted by atomic mass is 9.98. The fourth-order valence-corrected chi connectivity index (χ4v) is 4.51. The van der Waals surface area contributed by atoms with E-state index in [0.717, 1.165) is 13.1 Å². The second-order valence-corrected chi connectivity index (χ2v) is 8.04. The van der Waals surface area contributed by atoms with E-state index in [4.69, 9.17) is 9.47 Å². The highest BCUT2D eigenvalue weighted by atomic mass is 16.6. The first kappa shape index (κ1) is 21.9. The Morgan fingerprint density at radius 2 is 1.44 bits per heavy atom. The van der Waals surface area contributed by atoms with Gasteiger partial charge < -0.3 is 25.4 Å². The van der Waals surface area contributed by atoms with Crippen molar-refractivity contribution in [2.24, 2.45) is 0 Å². The first-order valence-electron chi connectivity index (χ1n) is 11.0. The number of carbonyl (C=O) groups is 2. The number of hydrogen-bond donors (Lipinski definition) is 3. The molecule has 0 saturated carbocycles. The minimum Gasteiger partial charge on any atom is -0.449 e. The highest BCUT2D eigenvalue weighted by molar-refractivity contribution is 5.79. The number of hydrogen-bond acceptors (Lipinski definition) is 5. The Bertz CT molecular complexity index is 932. The number of rotatable bonds is 6. The molecule has 2 amide bonds. The first-order valence-corrected chi connectivity index (χ1v) is 11.0. The van der Waals surface area contributed by atoms with Crippen molar-refractivity contribution in [2.75, 3.05) is 26.3 Å². The van der Waals surface area contributed by atoms with Gasteiger partial charge in [-0.1, -0.05) is 61.2 Å². The zero-order chi connectivity index (χ0) is 22.3. The maximum atomic E-state index is 12.7. The molecular formula is C25H29N3O4. The predicted octanol–water partition coefficient (Wildman–Crippen LogP) is 3.56. The molecule has 2 atom stereocenters. The van der Waals surface area contributed by atoms with Gasteiger partial charge in [0.15, 0.2) is 0 Å². The van der Waals surface area contributed by atoms with Gasteiger partial charge in [0.2, 0.25) is 0 Å². The molecule has 7 nitrogen and oxygen atoms in total. The van der Waals surface area contributed by atoms with Crippen LogP contribution in [0.15, 0.2) is 61.2 Å². The molecular weight excluding hydrogens is 406 g/mol. The van der Waals surface area contributed by atoms with Gasteiger partial charge in [-0.25, -0.2) is 9.59 Å². The van der Waals surface area contributed by atoms with Crippen LogP contribution < -0.4 is 16.0 Å². The van der Waals surface area contributed by atoms with E-state index in [2.05, 4.69) is 46.8 Å². The normalized spacial score (nSPS) is 19.8. The Morgan fingerprint density at radius 3 is 2.00 bits per heavy atom. The van der Waals surface area contributed by atoms with E-state index in [-0.39, 0.29) is 31.2 Å². The van der Waals surface area contributed by atoms with Gasteiger partial charge in [0.25, 0.3) is 0 Å². The van der Waals surface area contributed by atoms with E-state index in [1.807, 2.05) is 24.3 Å². The number of benzene rings is 2. The van der Waals surface area contributed by atoms with E-state index in [1.54, 1.807) is 0 Å². The topological polar surface area (TPSA) is 88.7 Å². The predicted molar refractivity (Wildman–Crippen MR) is 123 cm³/mol.